The first-order valence-electron chi connectivity index (χ1n) is 6.26. The molecule has 0 aromatic heterocycles. The highest BCUT2D eigenvalue weighted by Crippen LogP contribution is 2.12. The molecule has 4 nitrogen and oxygen atoms in total. The average Bonchev–Trinajstić information content (AvgIpc) is 2.47. The average molecular weight is 502 g/mol. The fourth-order valence-corrected chi connectivity index (χ4v) is 2.06. The first-order valence-corrected chi connectivity index (χ1v) is 9.31. The number of hydrogen-bond acceptors (Lipinski definition) is 4. The summed E-state index contributed by atoms with van der Waals surface area (Å²) in [6.45, 7) is 0.722. The van der Waals surface area contributed by atoms with Gasteiger partial charge < -0.3 is 9.47 Å². The van der Waals surface area contributed by atoms with Crippen molar-refractivity contribution in [1.82, 2.24) is 0 Å². The monoisotopic (exact) mass is 502 g/mol. The van der Waals surface area contributed by atoms with E-state index in [0.29, 0.717) is 13.2 Å². The molecular weight excluding hydrogens is 486 g/mol. The Balaban J connectivity index is 2.71. The third-order valence-electron chi connectivity index (χ3n) is 2.39. The Labute approximate surface area is 145 Å². The van der Waals surface area contributed by atoms with Crippen molar-refractivity contribution in [1.29, 1.82) is 0 Å². The molecule has 0 spiro atoms. The molecule has 1 rings (SSSR count). The molecule has 20 heavy (non-hydrogen) atoms. The summed E-state index contributed by atoms with van der Waals surface area (Å²) in [5.41, 5.74) is 0.529. The number of ether oxygens (including phenoxy) is 2. The zero-order valence-electron chi connectivity index (χ0n) is 10.9. The van der Waals surface area contributed by atoms with Crippen LogP contribution in [0.4, 0.5) is 0 Å². The molecule has 0 saturated carbocycles. The van der Waals surface area contributed by atoms with Gasteiger partial charge >= 0.3 is 11.9 Å². The standard InChI is InChI=1S/C14H16I2O4/c15-7-3-9-19-13(17)11-5-1-2-6-12(11)14(18)20-10-4-8-16/h1-2,5-6H,3-4,7-10H2. The normalized spacial score (nSPS) is 10.1. The third-order valence-corrected chi connectivity index (χ3v) is 3.91. The summed E-state index contributed by atoms with van der Waals surface area (Å²) >= 11 is 4.44. The van der Waals surface area contributed by atoms with Crippen LogP contribution in [0.2, 0.25) is 0 Å². The molecule has 0 aliphatic rings. The van der Waals surface area contributed by atoms with Crippen LogP contribution in [-0.2, 0) is 9.47 Å². The number of hydrogen-bond donors (Lipinski definition) is 0. The van der Waals surface area contributed by atoms with Crippen LogP contribution in [-0.4, -0.2) is 34.0 Å². The van der Waals surface area contributed by atoms with E-state index < -0.39 is 11.9 Å². The summed E-state index contributed by atoms with van der Waals surface area (Å²) in [4.78, 5) is 23.9. The van der Waals surface area contributed by atoms with E-state index in [-0.39, 0.29) is 11.1 Å². The zero-order chi connectivity index (χ0) is 14.8. The van der Waals surface area contributed by atoms with Crippen LogP contribution in [0.15, 0.2) is 24.3 Å². The zero-order valence-corrected chi connectivity index (χ0v) is 15.3. The molecular formula is C14H16I2O4. The maximum absolute atomic E-state index is 11.9. The number of carbonyl (C=O) groups is 2. The second-order valence-corrected chi connectivity index (χ2v) is 6.06. The summed E-state index contributed by atoms with van der Waals surface area (Å²) in [5, 5.41) is 0. The highest BCUT2D eigenvalue weighted by atomic mass is 127. The topological polar surface area (TPSA) is 52.6 Å². The Morgan fingerprint density at radius 2 is 1.25 bits per heavy atom. The second-order valence-electron chi connectivity index (χ2n) is 3.90. The Hall–Kier alpha value is -0.380. The van der Waals surface area contributed by atoms with Gasteiger partial charge in [-0.05, 0) is 25.0 Å². The van der Waals surface area contributed by atoms with Crippen molar-refractivity contribution in [3.63, 3.8) is 0 Å². The molecule has 0 radical (unpaired) electrons. The van der Waals surface area contributed by atoms with Crippen molar-refractivity contribution < 1.29 is 19.1 Å². The van der Waals surface area contributed by atoms with Gasteiger partial charge in [0.15, 0.2) is 0 Å². The molecule has 0 saturated heterocycles. The van der Waals surface area contributed by atoms with Crippen LogP contribution in [0.3, 0.4) is 0 Å². The fraction of sp³-hybridized carbons (Fsp3) is 0.429. The molecule has 0 fully saturated rings. The van der Waals surface area contributed by atoms with Crippen molar-refractivity contribution in [2.75, 3.05) is 22.1 Å². The second kappa shape index (κ2) is 10.4. The molecule has 0 N–H and O–H groups in total. The lowest BCUT2D eigenvalue weighted by Crippen LogP contribution is -2.15. The lowest BCUT2D eigenvalue weighted by atomic mass is 10.1. The first-order chi connectivity index (χ1) is 9.70. The first kappa shape index (κ1) is 17.7. The van der Waals surface area contributed by atoms with Crippen LogP contribution >= 0.6 is 45.2 Å². The van der Waals surface area contributed by atoms with Crippen molar-refractivity contribution in [3.8, 4) is 0 Å². The molecule has 0 atom stereocenters. The molecule has 0 amide bonds. The number of esters is 2. The van der Waals surface area contributed by atoms with E-state index in [0.717, 1.165) is 21.7 Å². The van der Waals surface area contributed by atoms with Gasteiger partial charge in [-0.3, -0.25) is 0 Å². The largest absolute Gasteiger partial charge is 0.462 e. The molecule has 6 heteroatoms. The third kappa shape index (κ3) is 5.94. The lowest BCUT2D eigenvalue weighted by molar-refractivity contribution is 0.0459. The quantitative estimate of drug-likeness (QED) is 0.236. The molecule has 0 unspecified atom stereocenters. The van der Waals surface area contributed by atoms with Crippen molar-refractivity contribution in [2.24, 2.45) is 0 Å². The minimum Gasteiger partial charge on any atom is -0.462 e. The summed E-state index contributed by atoms with van der Waals surface area (Å²) in [6.07, 6.45) is 1.60. The van der Waals surface area contributed by atoms with Crippen LogP contribution < -0.4 is 0 Å². The Kier molecular flexibility index (Phi) is 9.16. The molecule has 1 aromatic carbocycles. The minimum absolute atomic E-state index is 0.264. The molecule has 0 heterocycles. The van der Waals surface area contributed by atoms with Crippen LogP contribution in [0, 0.1) is 0 Å². The minimum atomic E-state index is -0.476. The van der Waals surface area contributed by atoms with Crippen LogP contribution in [0.1, 0.15) is 33.6 Å². The predicted molar refractivity (Wildman–Crippen MR) is 94.0 cm³/mol. The SMILES string of the molecule is O=C(OCCCI)c1ccccc1C(=O)OCCCI. The molecule has 0 aliphatic carbocycles. The number of benzene rings is 1. The maximum Gasteiger partial charge on any atom is 0.339 e. The Bertz CT molecular complexity index is 408. The van der Waals surface area contributed by atoms with E-state index in [1.807, 2.05) is 0 Å². The molecule has 1 aromatic rings. The highest BCUT2D eigenvalue weighted by molar-refractivity contribution is 14.1. The van der Waals surface area contributed by atoms with Crippen molar-refractivity contribution >= 4 is 57.1 Å². The van der Waals surface area contributed by atoms with E-state index in [2.05, 4.69) is 45.2 Å². The van der Waals surface area contributed by atoms with Gasteiger partial charge in [0.1, 0.15) is 0 Å². The van der Waals surface area contributed by atoms with Gasteiger partial charge in [-0.25, -0.2) is 9.59 Å². The molecule has 0 aliphatic heterocycles. The highest BCUT2D eigenvalue weighted by Gasteiger charge is 2.18. The van der Waals surface area contributed by atoms with Gasteiger partial charge in [0, 0.05) is 8.86 Å². The number of alkyl halides is 2. The van der Waals surface area contributed by atoms with Gasteiger partial charge in [-0.2, -0.15) is 0 Å². The van der Waals surface area contributed by atoms with Crippen LogP contribution in [0.25, 0.3) is 0 Å². The van der Waals surface area contributed by atoms with E-state index in [1.165, 1.54) is 0 Å². The predicted octanol–water partition coefficient (Wildman–Crippen LogP) is 3.65. The fourth-order valence-electron chi connectivity index (χ4n) is 1.43. The van der Waals surface area contributed by atoms with E-state index in [1.54, 1.807) is 24.3 Å². The Morgan fingerprint density at radius 1 is 0.850 bits per heavy atom. The van der Waals surface area contributed by atoms with E-state index in [4.69, 9.17) is 9.47 Å². The van der Waals surface area contributed by atoms with Gasteiger partial charge in [0.25, 0.3) is 0 Å². The van der Waals surface area contributed by atoms with Crippen molar-refractivity contribution in [2.45, 2.75) is 12.8 Å². The Morgan fingerprint density at radius 3 is 1.60 bits per heavy atom. The number of halogens is 2. The van der Waals surface area contributed by atoms with Gasteiger partial charge in [0.2, 0.25) is 0 Å². The molecule has 110 valence electrons. The van der Waals surface area contributed by atoms with Gasteiger partial charge in [-0.1, -0.05) is 57.3 Å². The molecule has 0 bridgehead atoms. The number of carbonyl (C=O) groups excluding carboxylic acids is 2. The van der Waals surface area contributed by atoms with Crippen LogP contribution in [0.5, 0.6) is 0 Å². The van der Waals surface area contributed by atoms with E-state index in [9.17, 15) is 9.59 Å². The number of rotatable bonds is 8. The van der Waals surface area contributed by atoms with Gasteiger partial charge in [0.05, 0.1) is 24.3 Å². The lowest BCUT2D eigenvalue weighted by Gasteiger charge is -2.09. The summed E-state index contributed by atoms with van der Waals surface area (Å²) in [5.74, 6) is -0.951. The summed E-state index contributed by atoms with van der Waals surface area (Å²) in [7, 11) is 0. The smallest absolute Gasteiger partial charge is 0.339 e. The van der Waals surface area contributed by atoms with Gasteiger partial charge in [-0.15, -0.1) is 0 Å². The summed E-state index contributed by atoms with van der Waals surface area (Å²) < 4.78 is 12.1. The maximum atomic E-state index is 11.9. The summed E-state index contributed by atoms with van der Waals surface area (Å²) in [6, 6.07) is 6.58. The van der Waals surface area contributed by atoms with E-state index >= 15 is 0 Å². The van der Waals surface area contributed by atoms with Crippen molar-refractivity contribution in [3.05, 3.63) is 35.4 Å².